The van der Waals surface area contributed by atoms with E-state index in [4.69, 9.17) is 27.9 Å². The number of nitrogens with one attached hydrogen (secondary N) is 2. The molecule has 194 valence electrons. The number of benzene rings is 2. The van der Waals surface area contributed by atoms with Gasteiger partial charge in [0.05, 0.1) is 32.2 Å². The van der Waals surface area contributed by atoms with Crippen molar-refractivity contribution in [2.45, 2.75) is 6.92 Å². The first-order valence-corrected chi connectivity index (χ1v) is 12.9. The van der Waals surface area contributed by atoms with Gasteiger partial charge in [-0.3, -0.25) is 9.36 Å². The minimum atomic E-state index is -0.352. The first-order valence-electron chi connectivity index (χ1n) is 12.1. The Kier molecular flexibility index (Phi) is 7.82. The van der Waals surface area contributed by atoms with Crippen molar-refractivity contribution in [1.29, 1.82) is 0 Å². The van der Waals surface area contributed by atoms with Gasteiger partial charge in [0.1, 0.15) is 6.61 Å². The van der Waals surface area contributed by atoms with Crippen LogP contribution in [0.15, 0.2) is 53.6 Å². The van der Waals surface area contributed by atoms with E-state index in [1.807, 2.05) is 6.07 Å². The topological polar surface area (TPSA) is 84.3 Å². The van der Waals surface area contributed by atoms with Crippen LogP contribution in [0.2, 0.25) is 10.0 Å². The highest BCUT2D eigenvalue weighted by molar-refractivity contribution is 6.37. The number of ether oxygens (including phenoxy) is 1. The molecule has 2 N–H and O–H groups in total. The Morgan fingerprint density at radius 3 is 2.63 bits per heavy atom. The number of halogens is 2. The third-order valence-corrected chi connectivity index (χ3v) is 6.89. The molecule has 8 nitrogen and oxygen atoms in total. The minimum Gasteiger partial charge on any atom is -0.372 e. The molecule has 38 heavy (non-hydrogen) atoms. The van der Waals surface area contributed by atoms with Crippen LogP contribution >= 0.6 is 23.2 Å². The number of hydrogen-bond acceptors (Lipinski definition) is 7. The number of fused-ring (bicyclic) bond motifs is 1. The highest BCUT2D eigenvalue weighted by atomic mass is 35.5. The lowest BCUT2D eigenvalue weighted by Gasteiger charge is -2.30. The Hall–Kier alpha value is -3.61. The smallest absolute Gasteiger partial charge is 0.266 e. The van der Waals surface area contributed by atoms with Crippen molar-refractivity contribution in [2.24, 2.45) is 0 Å². The first-order chi connectivity index (χ1) is 18.5. The normalized spacial score (nSPS) is 13.3. The van der Waals surface area contributed by atoms with Gasteiger partial charge in [-0.1, -0.05) is 41.1 Å². The number of aryl methyl sites for hydroxylation is 1. The van der Waals surface area contributed by atoms with Crippen LogP contribution < -0.4 is 21.1 Å². The minimum absolute atomic E-state index is 0.225. The number of anilines is 3. The van der Waals surface area contributed by atoms with Crippen molar-refractivity contribution in [3.05, 3.63) is 80.3 Å². The van der Waals surface area contributed by atoms with Gasteiger partial charge < -0.3 is 20.3 Å². The zero-order chi connectivity index (χ0) is 26.6. The molecule has 0 amide bonds. The number of para-hydroxylation sites is 1. The molecular formula is C28H26Cl2N6O2. The molecular weight excluding hydrogens is 523 g/mol. The van der Waals surface area contributed by atoms with Crippen LogP contribution in [0.4, 0.5) is 17.3 Å². The zero-order valence-corrected chi connectivity index (χ0v) is 22.5. The average molecular weight is 549 g/mol. The van der Waals surface area contributed by atoms with Gasteiger partial charge in [-0.2, -0.15) is 0 Å². The van der Waals surface area contributed by atoms with Gasteiger partial charge in [-0.15, -0.1) is 0 Å². The predicted molar refractivity (Wildman–Crippen MR) is 153 cm³/mol. The molecule has 5 rings (SSSR count). The summed E-state index contributed by atoms with van der Waals surface area (Å²) in [7, 11) is 1.57. The van der Waals surface area contributed by atoms with E-state index in [2.05, 4.69) is 56.4 Å². The highest BCUT2D eigenvalue weighted by Gasteiger charge is 2.17. The second kappa shape index (κ2) is 11.4. The van der Waals surface area contributed by atoms with Crippen LogP contribution in [0, 0.1) is 18.8 Å². The van der Waals surface area contributed by atoms with Crippen LogP contribution in [0.1, 0.15) is 11.1 Å². The molecule has 1 saturated heterocycles. The molecule has 0 bridgehead atoms. The van der Waals surface area contributed by atoms with E-state index in [0.29, 0.717) is 38.1 Å². The van der Waals surface area contributed by atoms with Gasteiger partial charge >= 0.3 is 0 Å². The van der Waals surface area contributed by atoms with Gasteiger partial charge in [0.2, 0.25) is 5.95 Å². The van der Waals surface area contributed by atoms with E-state index in [1.54, 1.807) is 31.5 Å². The van der Waals surface area contributed by atoms with Crippen molar-refractivity contribution in [2.75, 3.05) is 50.1 Å². The molecule has 1 aliphatic heterocycles. The van der Waals surface area contributed by atoms with Crippen molar-refractivity contribution in [3.63, 3.8) is 0 Å². The fourth-order valence-electron chi connectivity index (χ4n) is 4.49. The van der Waals surface area contributed by atoms with Gasteiger partial charge in [-0.25, -0.2) is 9.97 Å². The van der Waals surface area contributed by atoms with E-state index >= 15 is 0 Å². The fraction of sp³-hybridized carbons (Fsp3) is 0.250. The Balaban J connectivity index is 1.55. The molecule has 0 spiro atoms. The van der Waals surface area contributed by atoms with E-state index in [9.17, 15) is 4.79 Å². The summed E-state index contributed by atoms with van der Waals surface area (Å²) >= 11 is 12.8. The Morgan fingerprint density at radius 1 is 1.16 bits per heavy atom. The Bertz CT molecular complexity index is 1600. The highest BCUT2D eigenvalue weighted by Crippen LogP contribution is 2.29. The number of piperazine rings is 1. The van der Waals surface area contributed by atoms with E-state index in [1.165, 1.54) is 16.5 Å². The summed E-state index contributed by atoms with van der Waals surface area (Å²) in [5.41, 5.74) is 4.18. The second-order valence-corrected chi connectivity index (χ2v) is 9.66. The summed E-state index contributed by atoms with van der Waals surface area (Å²) in [5, 5.41) is 7.62. The number of hydrogen-bond donors (Lipinski definition) is 2. The lowest BCUT2D eigenvalue weighted by Crippen LogP contribution is -2.43. The standard InChI is InChI=1S/C28H26Cl2N6O2/c1-18-15-20(8-9-24(18)35-12-10-31-11-13-35)33-28-32-16-21-25(34-28)19(5-4-14-38-2)17-36(27(21)37)26-22(29)6-3-7-23(26)30/h3,6-9,15-17,31H,10-14H2,1-2H3,(H,32,33,34). The maximum Gasteiger partial charge on any atom is 0.266 e. The number of methoxy groups -OCH3 is 1. The summed E-state index contributed by atoms with van der Waals surface area (Å²) in [5.74, 6) is 6.36. The molecule has 1 fully saturated rings. The third kappa shape index (κ3) is 5.33. The van der Waals surface area contributed by atoms with Gasteiger partial charge in [-0.05, 0) is 42.8 Å². The number of pyridine rings is 1. The van der Waals surface area contributed by atoms with Crippen LogP contribution in [-0.2, 0) is 4.74 Å². The van der Waals surface area contributed by atoms with Crippen LogP contribution in [-0.4, -0.2) is 54.4 Å². The SMILES string of the molecule is COCC#Cc1cn(-c2c(Cl)cccc2Cl)c(=O)c2cnc(Nc3ccc(N4CCNCC4)c(C)c3)nc12. The van der Waals surface area contributed by atoms with Crippen molar-refractivity contribution >= 4 is 51.4 Å². The van der Waals surface area contributed by atoms with Gasteiger partial charge in [0, 0.05) is 57.1 Å². The molecule has 3 heterocycles. The third-order valence-electron chi connectivity index (χ3n) is 6.28. The molecule has 2 aromatic carbocycles. The Labute approximate surface area is 230 Å². The van der Waals surface area contributed by atoms with Gasteiger partial charge in [0.25, 0.3) is 5.56 Å². The summed E-state index contributed by atoms with van der Waals surface area (Å²) in [6.07, 6.45) is 3.10. The largest absolute Gasteiger partial charge is 0.372 e. The molecule has 0 aliphatic carbocycles. The van der Waals surface area contributed by atoms with E-state index in [0.717, 1.165) is 37.4 Å². The van der Waals surface area contributed by atoms with Crippen molar-refractivity contribution in [1.82, 2.24) is 19.9 Å². The van der Waals surface area contributed by atoms with E-state index < -0.39 is 0 Å². The summed E-state index contributed by atoms with van der Waals surface area (Å²) in [6, 6.07) is 11.3. The van der Waals surface area contributed by atoms with Crippen LogP contribution in [0.25, 0.3) is 16.6 Å². The number of nitrogens with zero attached hydrogens (tertiary/aromatic N) is 4. The second-order valence-electron chi connectivity index (χ2n) is 8.84. The maximum atomic E-state index is 13.5. The summed E-state index contributed by atoms with van der Waals surface area (Å²) in [6.45, 7) is 6.23. The molecule has 2 aromatic heterocycles. The van der Waals surface area contributed by atoms with Crippen LogP contribution in [0.5, 0.6) is 0 Å². The average Bonchev–Trinajstić information content (AvgIpc) is 2.91. The zero-order valence-electron chi connectivity index (χ0n) is 21.0. The van der Waals surface area contributed by atoms with Gasteiger partial charge in [0.15, 0.2) is 0 Å². The maximum absolute atomic E-state index is 13.5. The van der Waals surface area contributed by atoms with Crippen LogP contribution in [0.3, 0.4) is 0 Å². The molecule has 0 atom stereocenters. The molecule has 4 aromatic rings. The lowest BCUT2D eigenvalue weighted by atomic mass is 10.1. The molecule has 0 saturated carbocycles. The summed E-state index contributed by atoms with van der Waals surface area (Å²) < 4.78 is 6.47. The molecule has 0 unspecified atom stereocenters. The molecule has 1 aliphatic rings. The first kappa shape index (κ1) is 26.0. The Morgan fingerprint density at radius 2 is 1.92 bits per heavy atom. The summed E-state index contributed by atoms with van der Waals surface area (Å²) in [4.78, 5) is 25.0. The lowest BCUT2D eigenvalue weighted by molar-refractivity contribution is 0.240. The van der Waals surface area contributed by atoms with Crippen molar-refractivity contribution in [3.8, 4) is 17.5 Å². The quantitative estimate of drug-likeness (QED) is 0.354. The molecule has 10 heteroatoms. The molecule has 0 radical (unpaired) electrons. The monoisotopic (exact) mass is 548 g/mol. The predicted octanol–water partition coefficient (Wildman–Crippen LogP) is 4.55. The van der Waals surface area contributed by atoms with Crippen molar-refractivity contribution < 1.29 is 4.74 Å². The fourth-order valence-corrected chi connectivity index (χ4v) is 5.07. The van der Waals surface area contributed by atoms with E-state index in [-0.39, 0.29) is 12.2 Å². The number of rotatable bonds is 5. The number of aromatic nitrogens is 3.